The molecule has 1 amide bonds. The zero-order chi connectivity index (χ0) is 17.2. The summed E-state index contributed by atoms with van der Waals surface area (Å²) in [5.41, 5.74) is 6.43. The van der Waals surface area contributed by atoms with E-state index in [9.17, 15) is 14.4 Å². The highest BCUT2D eigenvalue weighted by Gasteiger charge is 2.18. The van der Waals surface area contributed by atoms with Crippen LogP contribution >= 0.6 is 0 Å². The van der Waals surface area contributed by atoms with Gasteiger partial charge in [-0.3, -0.25) is 14.4 Å². The molecule has 0 heterocycles. The topological polar surface area (TPSA) is 98.9 Å². The number of hydrogen-bond donors (Lipinski definition) is 1. The van der Waals surface area contributed by atoms with Crippen molar-refractivity contribution in [1.29, 1.82) is 0 Å². The average Bonchev–Trinajstić information content (AvgIpc) is 2.57. The highest BCUT2D eigenvalue weighted by Crippen LogP contribution is 2.03. The number of rotatable bonds is 8. The van der Waals surface area contributed by atoms with E-state index in [2.05, 4.69) is 4.74 Å². The number of likely N-dealkylation sites (N-methyl/N-ethyl adjacent to an activating group) is 1. The van der Waals surface area contributed by atoms with Crippen molar-refractivity contribution in [2.75, 3.05) is 20.7 Å². The molecule has 0 spiro atoms. The van der Waals surface area contributed by atoms with Gasteiger partial charge >= 0.3 is 11.9 Å². The van der Waals surface area contributed by atoms with Crippen LogP contribution in [0.5, 0.6) is 0 Å². The third-order valence-corrected chi connectivity index (χ3v) is 3.21. The van der Waals surface area contributed by atoms with Crippen molar-refractivity contribution in [2.45, 2.75) is 25.5 Å². The second kappa shape index (κ2) is 9.58. The molecule has 0 fully saturated rings. The second-order valence-corrected chi connectivity index (χ2v) is 5.06. The van der Waals surface area contributed by atoms with Gasteiger partial charge in [0.25, 0.3) is 0 Å². The minimum Gasteiger partial charge on any atom is -0.468 e. The van der Waals surface area contributed by atoms with E-state index in [1.165, 1.54) is 19.1 Å². The quantitative estimate of drug-likeness (QED) is 0.699. The summed E-state index contributed by atoms with van der Waals surface area (Å²) in [6.07, 6.45) is 0.216. The molecule has 1 atom stereocenters. The summed E-state index contributed by atoms with van der Waals surface area (Å²) in [6.45, 7) is 0.00798. The van der Waals surface area contributed by atoms with Crippen molar-refractivity contribution >= 4 is 17.8 Å². The summed E-state index contributed by atoms with van der Waals surface area (Å²) in [5.74, 6) is -1.36. The van der Waals surface area contributed by atoms with E-state index in [4.69, 9.17) is 10.5 Å². The van der Waals surface area contributed by atoms with E-state index in [1.807, 2.05) is 30.3 Å². The lowest BCUT2D eigenvalue weighted by atomic mass is 10.1. The lowest BCUT2D eigenvalue weighted by Gasteiger charge is -2.17. The second-order valence-electron chi connectivity index (χ2n) is 5.06. The van der Waals surface area contributed by atoms with Crippen LogP contribution in [-0.4, -0.2) is 49.5 Å². The number of nitrogens with two attached hydrogens (primary N) is 1. The number of esters is 2. The summed E-state index contributed by atoms with van der Waals surface area (Å²) in [4.78, 5) is 36.0. The third kappa shape index (κ3) is 6.92. The maximum atomic E-state index is 11.9. The molecule has 0 unspecified atom stereocenters. The molecule has 7 heteroatoms. The Morgan fingerprint density at radius 1 is 1.22 bits per heavy atom. The Hall–Kier alpha value is -2.41. The number of nitrogens with zero attached hydrogens (tertiary/aromatic N) is 1. The summed E-state index contributed by atoms with van der Waals surface area (Å²) in [7, 11) is 2.73. The number of amides is 1. The molecule has 1 aromatic rings. The molecule has 23 heavy (non-hydrogen) atoms. The molecule has 0 saturated heterocycles. The van der Waals surface area contributed by atoms with Crippen LogP contribution in [-0.2, 0) is 30.5 Å². The summed E-state index contributed by atoms with van der Waals surface area (Å²) in [6, 6.07) is 8.42. The molecule has 0 bridgehead atoms. The number of hydrogen-bond acceptors (Lipinski definition) is 6. The smallest absolute Gasteiger partial charge is 0.325 e. The standard InChI is InChI=1S/C16H22N2O5/c1-18(14(19)9-8-13(17)16(21)22-2)10-15(20)23-11-12-6-4-3-5-7-12/h3-7,13H,8-11,17H2,1-2H3/t13-/m1/s1. The van der Waals surface area contributed by atoms with Gasteiger partial charge in [0.15, 0.2) is 0 Å². The predicted molar refractivity (Wildman–Crippen MR) is 83.1 cm³/mol. The van der Waals surface area contributed by atoms with Crippen molar-refractivity contribution in [3.8, 4) is 0 Å². The Balaban J connectivity index is 2.31. The number of benzene rings is 1. The fraction of sp³-hybridized carbons (Fsp3) is 0.438. The zero-order valence-electron chi connectivity index (χ0n) is 13.4. The van der Waals surface area contributed by atoms with Crippen molar-refractivity contribution in [3.05, 3.63) is 35.9 Å². The predicted octanol–water partition coefficient (Wildman–Crippen LogP) is 0.469. The van der Waals surface area contributed by atoms with Crippen molar-refractivity contribution in [2.24, 2.45) is 5.73 Å². The van der Waals surface area contributed by atoms with Gasteiger partial charge in [-0.2, -0.15) is 0 Å². The first-order valence-electron chi connectivity index (χ1n) is 7.21. The van der Waals surface area contributed by atoms with Gasteiger partial charge in [-0.1, -0.05) is 30.3 Å². The lowest BCUT2D eigenvalue weighted by molar-refractivity contribution is -0.150. The van der Waals surface area contributed by atoms with Crippen LogP contribution in [0.2, 0.25) is 0 Å². The van der Waals surface area contributed by atoms with Gasteiger partial charge < -0.3 is 20.1 Å². The highest BCUT2D eigenvalue weighted by atomic mass is 16.5. The molecule has 0 aliphatic rings. The molecule has 1 aromatic carbocycles. The Kier molecular flexibility index (Phi) is 7.76. The van der Waals surface area contributed by atoms with Crippen LogP contribution in [0.1, 0.15) is 18.4 Å². The Morgan fingerprint density at radius 3 is 2.48 bits per heavy atom. The molecule has 0 aliphatic heterocycles. The molecule has 0 radical (unpaired) electrons. The fourth-order valence-corrected chi connectivity index (χ4v) is 1.80. The first kappa shape index (κ1) is 18.6. The molecular formula is C16H22N2O5. The van der Waals surface area contributed by atoms with E-state index in [1.54, 1.807) is 0 Å². The minimum absolute atomic E-state index is 0.0543. The van der Waals surface area contributed by atoms with E-state index < -0.39 is 18.0 Å². The Labute approximate surface area is 135 Å². The molecule has 126 valence electrons. The Bertz CT molecular complexity index is 533. The summed E-state index contributed by atoms with van der Waals surface area (Å²) in [5, 5.41) is 0. The first-order valence-corrected chi connectivity index (χ1v) is 7.21. The highest BCUT2D eigenvalue weighted by molar-refractivity contribution is 5.82. The lowest BCUT2D eigenvalue weighted by Crippen LogP contribution is -2.36. The van der Waals surface area contributed by atoms with Gasteiger partial charge in [0.1, 0.15) is 19.2 Å². The average molecular weight is 322 g/mol. The Morgan fingerprint density at radius 2 is 1.87 bits per heavy atom. The number of ether oxygens (including phenoxy) is 2. The normalized spacial score (nSPS) is 11.4. The maximum absolute atomic E-state index is 11.9. The molecule has 0 aromatic heterocycles. The molecule has 7 nitrogen and oxygen atoms in total. The molecular weight excluding hydrogens is 300 g/mol. The van der Waals surface area contributed by atoms with E-state index in [-0.39, 0.29) is 31.9 Å². The monoisotopic (exact) mass is 322 g/mol. The molecule has 1 rings (SSSR count). The van der Waals surface area contributed by atoms with E-state index >= 15 is 0 Å². The van der Waals surface area contributed by atoms with Gasteiger partial charge in [0, 0.05) is 13.5 Å². The van der Waals surface area contributed by atoms with Gasteiger partial charge in [-0.15, -0.1) is 0 Å². The summed E-state index contributed by atoms with van der Waals surface area (Å²) < 4.78 is 9.58. The van der Waals surface area contributed by atoms with E-state index in [0.29, 0.717) is 0 Å². The number of methoxy groups -OCH3 is 1. The van der Waals surface area contributed by atoms with Crippen molar-refractivity contribution in [3.63, 3.8) is 0 Å². The number of carbonyl (C=O) groups excluding carboxylic acids is 3. The van der Waals surface area contributed by atoms with Gasteiger partial charge in [0.2, 0.25) is 5.91 Å². The minimum atomic E-state index is -0.845. The molecule has 0 saturated carbocycles. The SMILES string of the molecule is COC(=O)[C@H](N)CCC(=O)N(C)CC(=O)OCc1ccccc1. The van der Waals surface area contributed by atoms with Crippen LogP contribution in [0.4, 0.5) is 0 Å². The third-order valence-electron chi connectivity index (χ3n) is 3.21. The fourth-order valence-electron chi connectivity index (χ4n) is 1.80. The number of carbonyl (C=O) groups is 3. The van der Waals surface area contributed by atoms with E-state index in [0.717, 1.165) is 5.56 Å². The van der Waals surface area contributed by atoms with Crippen LogP contribution in [0.25, 0.3) is 0 Å². The largest absolute Gasteiger partial charge is 0.468 e. The van der Waals surface area contributed by atoms with Crippen LogP contribution < -0.4 is 5.73 Å². The van der Waals surface area contributed by atoms with Crippen molar-refractivity contribution in [1.82, 2.24) is 4.90 Å². The van der Waals surface area contributed by atoms with Crippen LogP contribution in [0.15, 0.2) is 30.3 Å². The van der Waals surface area contributed by atoms with Gasteiger partial charge in [-0.05, 0) is 12.0 Å². The summed E-state index contributed by atoms with van der Waals surface area (Å²) >= 11 is 0. The van der Waals surface area contributed by atoms with Gasteiger partial charge in [0.05, 0.1) is 7.11 Å². The maximum Gasteiger partial charge on any atom is 0.325 e. The zero-order valence-corrected chi connectivity index (χ0v) is 13.4. The van der Waals surface area contributed by atoms with Crippen LogP contribution in [0, 0.1) is 0 Å². The van der Waals surface area contributed by atoms with Crippen LogP contribution in [0.3, 0.4) is 0 Å². The van der Waals surface area contributed by atoms with Gasteiger partial charge in [-0.25, -0.2) is 0 Å². The van der Waals surface area contributed by atoms with Crippen molar-refractivity contribution < 1.29 is 23.9 Å². The first-order chi connectivity index (χ1) is 10.9. The molecule has 2 N–H and O–H groups in total. The molecule has 0 aliphatic carbocycles.